The normalized spacial score (nSPS) is 12.1. The van der Waals surface area contributed by atoms with Crippen LogP contribution in [0, 0.1) is 0 Å². The Morgan fingerprint density at radius 1 is 1.10 bits per heavy atom. The van der Waals surface area contributed by atoms with E-state index in [0.29, 0.717) is 12.6 Å². The summed E-state index contributed by atoms with van der Waals surface area (Å²) in [5, 5.41) is 3.42. The highest BCUT2D eigenvalue weighted by Crippen LogP contribution is 2.18. The second-order valence-electron chi connectivity index (χ2n) is 4.71. The van der Waals surface area contributed by atoms with E-state index in [1.807, 2.05) is 30.3 Å². The van der Waals surface area contributed by atoms with Crippen LogP contribution >= 0.6 is 0 Å². The molecule has 3 nitrogen and oxygen atoms in total. The number of ether oxygens (including phenoxy) is 1. The standard InChI is InChI=1S/C17H22N2O/c1-3-16(18-4-2)17-11-10-15(12-19-17)20-13-14-8-6-5-7-9-14/h5-12,16,18H,3-4,13H2,1-2H3. The molecule has 0 amide bonds. The van der Waals surface area contributed by atoms with Gasteiger partial charge in [-0.15, -0.1) is 0 Å². The first-order valence-electron chi connectivity index (χ1n) is 7.19. The molecule has 1 unspecified atom stereocenters. The van der Waals surface area contributed by atoms with E-state index in [1.165, 1.54) is 0 Å². The molecule has 0 aliphatic rings. The third-order valence-electron chi connectivity index (χ3n) is 3.22. The van der Waals surface area contributed by atoms with E-state index in [4.69, 9.17) is 4.74 Å². The predicted octanol–water partition coefficient (Wildman–Crippen LogP) is 3.72. The monoisotopic (exact) mass is 270 g/mol. The molecule has 0 fully saturated rings. The first-order chi connectivity index (χ1) is 9.83. The number of rotatable bonds is 7. The molecule has 2 aromatic rings. The summed E-state index contributed by atoms with van der Waals surface area (Å²) in [6, 6.07) is 14.5. The van der Waals surface area contributed by atoms with Crippen molar-refractivity contribution in [3.05, 3.63) is 59.9 Å². The Morgan fingerprint density at radius 3 is 2.50 bits per heavy atom. The summed E-state index contributed by atoms with van der Waals surface area (Å²) in [5.41, 5.74) is 2.23. The highest BCUT2D eigenvalue weighted by atomic mass is 16.5. The molecule has 3 heteroatoms. The minimum atomic E-state index is 0.322. The van der Waals surface area contributed by atoms with E-state index in [-0.39, 0.29) is 0 Å². The van der Waals surface area contributed by atoms with Crippen LogP contribution in [0.4, 0.5) is 0 Å². The lowest BCUT2D eigenvalue weighted by atomic mass is 10.1. The Morgan fingerprint density at radius 2 is 1.90 bits per heavy atom. The van der Waals surface area contributed by atoms with E-state index < -0.39 is 0 Å². The van der Waals surface area contributed by atoms with Gasteiger partial charge in [0, 0.05) is 6.04 Å². The van der Waals surface area contributed by atoms with E-state index >= 15 is 0 Å². The summed E-state index contributed by atoms with van der Waals surface area (Å²) < 4.78 is 5.74. The lowest BCUT2D eigenvalue weighted by molar-refractivity contribution is 0.304. The molecule has 0 spiro atoms. The van der Waals surface area contributed by atoms with Gasteiger partial charge in [0.25, 0.3) is 0 Å². The summed E-state index contributed by atoms with van der Waals surface area (Å²) in [6.45, 7) is 5.80. The maximum absolute atomic E-state index is 5.74. The zero-order valence-electron chi connectivity index (χ0n) is 12.2. The minimum Gasteiger partial charge on any atom is -0.487 e. The SMILES string of the molecule is CCNC(CC)c1ccc(OCc2ccccc2)cn1. The lowest BCUT2D eigenvalue weighted by Gasteiger charge is -2.15. The third-order valence-corrected chi connectivity index (χ3v) is 3.22. The third kappa shape index (κ3) is 4.07. The van der Waals surface area contributed by atoms with Crippen LogP contribution in [0.5, 0.6) is 5.75 Å². The molecule has 1 heterocycles. The van der Waals surface area contributed by atoms with Crippen LogP contribution in [0.3, 0.4) is 0 Å². The van der Waals surface area contributed by atoms with Gasteiger partial charge in [0.05, 0.1) is 11.9 Å². The zero-order chi connectivity index (χ0) is 14.2. The van der Waals surface area contributed by atoms with Gasteiger partial charge in [-0.2, -0.15) is 0 Å². The highest BCUT2D eigenvalue weighted by molar-refractivity contribution is 5.22. The number of benzene rings is 1. The number of nitrogens with zero attached hydrogens (tertiary/aromatic N) is 1. The van der Waals surface area contributed by atoms with Crippen molar-refractivity contribution in [1.29, 1.82) is 0 Å². The Bertz CT molecular complexity index is 496. The fourth-order valence-electron chi connectivity index (χ4n) is 2.13. The maximum atomic E-state index is 5.74. The molecule has 0 saturated carbocycles. The van der Waals surface area contributed by atoms with Crippen molar-refractivity contribution in [2.45, 2.75) is 32.9 Å². The minimum absolute atomic E-state index is 0.322. The van der Waals surface area contributed by atoms with Crippen molar-refractivity contribution >= 4 is 0 Å². The Balaban J connectivity index is 1.94. The van der Waals surface area contributed by atoms with Gasteiger partial charge in [0.1, 0.15) is 12.4 Å². The molecule has 1 atom stereocenters. The van der Waals surface area contributed by atoms with Gasteiger partial charge >= 0.3 is 0 Å². The van der Waals surface area contributed by atoms with Crippen LogP contribution in [0.25, 0.3) is 0 Å². The fourth-order valence-corrected chi connectivity index (χ4v) is 2.13. The van der Waals surface area contributed by atoms with Crippen molar-refractivity contribution in [2.24, 2.45) is 0 Å². The molecule has 1 aromatic heterocycles. The van der Waals surface area contributed by atoms with Crippen LogP contribution < -0.4 is 10.1 Å². The van der Waals surface area contributed by atoms with E-state index in [1.54, 1.807) is 6.20 Å². The lowest BCUT2D eigenvalue weighted by Crippen LogP contribution is -2.20. The molecule has 0 aliphatic heterocycles. The Kier molecular flexibility index (Phi) is 5.56. The number of hydrogen-bond donors (Lipinski definition) is 1. The fraction of sp³-hybridized carbons (Fsp3) is 0.353. The molecular weight excluding hydrogens is 248 g/mol. The average molecular weight is 270 g/mol. The maximum Gasteiger partial charge on any atom is 0.138 e. The van der Waals surface area contributed by atoms with Gasteiger partial charge in [-0.25, -0.2) is 0 Å². The second kappa shape index (κ2) is 7.65. The molecule has 0 radical (unpaired) electrons. The van der Waals surface area contributed by atoms with Gasteiger partial charge in [-0.3, -0.25) is 4.98 Å². The second-order valence-corrected chi connectivity index (χ2v) is 4.71. The summed E-state index contributed by atoms with van der Waals surface area (Å²) in [6.07, 6.45) is 2.84. The summed E-state index contributed by atoms with van der Waals surface area (Å²) >= 11 is 0. The number of pyridine rings is 1. The van der Waals surface area contributed by atoms with Gasteiger partial charge in [0.15, 0.2) is 0 Å². The van der Waals surface area contributed by atoms with Gasteiger partial charge in [-0.05, 0) is 30.7 Å². The number of nitrogens with one attached hydrogen (secondary N) is 1. The van der Waals surface area contributed by atoms with Gasteiger partial charge in [0.2, 0.25) is 0 Å². The molecule has 0 aliphatic carbocycles. The number of aromatic nitrogens is 1. The van der Waals surface area contributed by atoms with Crippen molar-refractivity contribution in [1.82, 2.24) is 10.3 Å². The zero-order valence-corrected chi connectivity index (χ0v) is 12.2. The molecular formula is C17H22N2O. The smallest absolute Gasteiger partial charge is 0.138 e. The highest BCUT2D eigenvalue weighted by Gasteiger charge is 2.08. The van der Waals surface area contributed by atoms with Crippen molar-refractivity contribution < 1.29 is 4.74 Å². The quantitative estimate of drug-likeness (QED) is 0.832. The topological polar surface area (TPSA) is 34.1 Å². The largest absolute Gasteiger partial charge is 0.487 e. The summed E-state index contributed by atoms with van der Waals surface area (Å²) in [7, 11) is 0. The van der Waals surface area contributed by atoms with Crippen molar-refractivity contribution in [3.63, 3.8) is 0 Å². The van der Waals surface area contributed by atoms with Crippen LogP contribution in [0.15, 0.2) is 48.7 Å². The molecule has 106 valence electrons. The van der Waals surface area contributed by atoms with Crippen molar-refractivity contribution in [2.75, 3.05) is 6.54 Å². The average Bonchev–Trinajstić information content (AvgIpc) is 2.52. The van der Waals surface area contributed by atoms with Crippen LogP contribution in [0.2, 0.25) is 0 Å². The molecule has 0 saturated heterocycles. The van der Waals surface area contributed by atoms with Gasteiger partial charge < -0.3 is 10.1 Å². The van der Waals surface area contributed by atoms with Crippen LogP contribution in [-0.2, 0) is 6.61 Å². The Hall–Kier alpha value is -1.87. The van der Waals surface area contributed by atoms with Crippen molar-refractivity contribution in [3.8, 4) is 5.75 Å². The van der Waals surface area contributed by atoms with E-state index in [0.717, 1.165) is 30.0 Å². The summed E-state index contributed by atoms with van der Waals surface area (Å²) in [4.78, 5) is 4.49. The molecule has 2 rings (SSSR count). The Labute approximate surface area is 121 Å². The molecule has 1 aromatic carbocycles. The van der Waals surface area contributed by atoms with E-state index in [2.05, 4.69) is 36.3 Å². The first-order valence-corrected chi connectivity index (χ1v) is 7.19. The van der Waals surface area contributed by atoms with E-state index in [9.17, 15) is 0 Å². The first kappa shape index (κ1) is 14.5. The van der Waals surface area contributed by atoms with Gasteiger partial charge in [-0.1, -0.05) is 44.2 Å². The molecule has 20 heavy (non-hydrogen) atoms. The van der Waals surface area contributed by atoms with Crippen LogP contribution in [-0.4, -0.2) is 11.5 Å². The summed E-state index contributed by atoms with van der Waals surface area (Å²) in [5.74, 6) is 0.809. The molecule has 0 bridgehead atoms. The van der Waals surface area contributed by atoms with Crippen LogP contribution in [0.1, 0.15) is 37.6 Å². The number of hydrogen-bond acceptors (Lipinski definition) is 3. The predicted molar refractivity (Wildman–Crippen MR) is 81.7 cm³/mol. The molecule has 1 N–H and O–H groups in total.